The number of rotatable bonds is 3. The predicted octanol–water partition coefficient (Wildman–Crippen LogP) is 3.66. The maximum Gasteiger partial charge on any atom is 0.271 e. The van der Waals surface area contributed by atoms with E-state index >= 15 is 0 Å². The number of hydrogen-bond donors (Lipinski definition) is 1. The molecule has 100 valence electrons. The molecule has 6 nitrogen and oxygen atoms in total. The number of nitrogens with zero attached hydrogens (tertiary/aromatic N) is 1. The van der Waals surface area contributed by atoms with E-state index in [1.54, 1.807) is 18.2 Å². The first-order chi connectivity index (χ1) is 9.56. The number of aromatic amines is 1. The number of hydrogen-bond acceptors (Lipinski definition) is 4. The average Bonchev–Trinajstić information content (AvgIpc) is 3.03. The zero-order valence-corrected chi connectivity index (χ0v) is 11.5. The summed E-state index contributed by atoms with van der Waals surface area (Å²) in [5.41, 5.74) is 0.920. The fourth-order valence-corrected chi connectivity index (χ4v) is 2.29. The normalized spacial score (nSPS) is 10.8. The van der Waals surface area contributed by atoms with Gasteiger partial charge in [-0.2, -0.15) is 0 Å². The molecule has 7 heteroatoms. The van der Waals surface area contributed by atoms with Gasteiger partial charge in [0.2, 0.25) is 5.78 Å². The van der Waals surface area contributed by atoms with Crippen molar-refractivity contribution in [1.82, 2.24) is 4.98 Å². The standard InChI is InChI=1S/C13H7BrN2O4/c14-12-4-3-11(20-12)13(17)9-6-15-10-5-7(16(18)19)1-2-8(9)10/h1-6,15H. The summed E-state index contributed by atoms with van der Waals surface area (Å²) >= 11 is 3.14. The maximum atomic E-state index is 12.3. The third-order valence-electron chi connectivity index (χ3n) is 2.92. The Morgan fingerprint density at radius 3 is 2.75 bits per heavy atom. The molecule has 0 aliphatic rings. The lowest BCUT2D eigenvalue weighted by molar-refractivity contribution is -0.384. The number of nitro benzene ring substituents is 1. The fourth-order valence-electron chi connectivity index (χ4n) is 1.98. The van der Waals surface area contributed by atoms with Crippen molar-refractivity contribution in [2.75, 3.05) is 0 Å². The molecule has 3 rings (SSSR count). The molecule has 0 spiro atoms. The molecule has 0 aliphatic heterocycles. The lowest BCUT2D eigenvalue weighted by Crippen LogP contribution is -1.98. The van der Waals surface area contributed by atoms with E-state index in [0.717, 1.165) is 0 Å². The van der Waals surface area contributed by atoms with Gasteiger partial charge in [0, 0.05) is 23.7 Å². The number of fused-ring (bicyclic) bond motifs is 1. The van der Waals surface area contributed by atoms with E-state index in [2.05, 4.69) is 20.9 Å². The summed E-state index contributed by atoms with van der Waals surface area (Å²) in [7, 11) is 0. The van der Waals surface area contributed by atoms with Gasteiger partial charge in [-0.1, -0.05) is 0 Å². The number of aromatic nitrogens is 1. The summed E-state index contributed by atoms with van der Waals surface area (Å²) in [6.45, 7) is 0. The number of nitro groups is 1. The fraction of sp³-hybridized carbons (Fsp3) is 0. The van der Waals surface area contributed by atoms with Gasteiger partial charge in [-0.15, -0.1) is 0 Å². The van der Waals surface area contributed by atoms with Crippen molar-refractivity contribution in [3.05, 3.63) is 62.6 Å². The van der Waals surface area contributed by atoms with Crippen LogP contribution in [0.5, 0.6) is 0 Å². The molecular weight excluding hydrogens is 328 g/mol. The van der Waals surface area contributed by atoms with Gasteiger partial charge < -0.3 is 9.40 Å². The molecule has 2 aromatic heterocycles. The van der Waals surface area contributed by atoms with Crippen molar-refractivity contribution >= 4 is 38.3 Å². The Morgan fingerprint density at radius 1 is 1.30 bits per heavy atom. The summed E-state index contributed by atoms with van der Waals surface area (Å²) in [5, 5.41) is 11.3. The highest BCUT2D eigenvalue weighted by atomic mass is 79.9. The third-order valence-corrected chi connectivity index (χ3v) is 3.34. The molecule has 0 fully saturated rings. The lowest BCUT2D eigenvalue weighted by Gasteiger charge is -1.96. The maximum absolute atomic E-state index is 12.3. The molecule has 2 heterocycles. The van der Waals surface area contributed by atoms with Crippen LogP contribution in [0.15, 0.2) is 45.6 Å². The van der Waals surface area contributed by atoms with Crippen molar-refractivity contribution < 1.29 is 14.1 Å². The molecule has 1 N–H and O–H groups in total. The molecule has 0 amide bonds. The van der Waals surface area contributed by atoms with Crippen LogP contribution in [0.1, 0.15) is 16.1 Å². The van der Waals surface area contributed by atoms with Crippen LogP contribution >= 0.6 is 15.9 Å². The van der Waals surface area contributed by atoms with E-state index in [1.807, 2.05) is 0 Å². The number of furan rings is 1. The van der Waals surface area contributed by atoms with E-state index in [0.29, 0.717) is 21.1 Å². The van der Waals surface area contributed by atoms with E-state index in [4.69, 9.17) is 4.42 Å². The van der Waals surface area contributed by atoms with Gasteiger partial charge in [0.25, 0.3) is 5.69 Å². The predicted molar refractivity (Wildman–Crippen MR) is 74.8 cm³/mol. The Balaban J connectivity index is 2.09. The summed E-state index contributed by atoms with van der Waals surface area (Å²) in [4.78, 5) is 25.4. The first-order valence-electron chi connectivity index (χ1n) is 5.62. The number of carbonyl (C=O) groups excluding carboxylic acids is 1. The quantitative estimate of drug-likeness (QED) is 0.449. The molecule has 0 saturated heterocycles. The van der Waals surface area contributed by atoms with Crippen molar-refractivity contribution in [2.45, 2.75) is 0 Å². The second kappa shape index (κ2) is 4.61. The summed E-state index contributed by atoms with van der Waals surface area (Å²) < 4.78 is 5.69. The van der Waals surface area contributed by atoms with E-state index in [1.165, 1.54) is 18.3 Å². The highest BCUT2D eigenvalue weighted by Gasteiger charge is 2.18. The zero-order chi connectivity index (χ0) is 14.3. The van der Waals surface area contributed by atoms with Crippen LogP contribution in [0.25, 0.3) is 10.9 Å². The first kappa shape index (κ1) is 12.6. The van der Waals surface area contributed by atoms with Gasteiger partial charge in [-0.05, 0) is 34.1 Å². The Bertz CT molecular complexity index is 834. The van der Waals surface area contributed by atoms with Gasteiger partial charge in [-0.25, -0.2) is 0 Å². The topological polar surface area (TPSA) is 89.1 Å². The summed E-state index contributed by atoms with van der Waals surface area (Å²) in [5.74, 6) is -0.0769. The molecule has 20 heavy (non-hydrogen) atoms. The van der Waals surface area contributed by atoms with Gasteiger partial charge >= 0.3 is 0 Å². The molecule has 0 atom stereocenters. The molecule has 0 bridgehead atoms. The number of non-ortho nitro benzene ring substituents is 1. The van der Waals surface area contributed by atoms with Crippen LogP contribution in [0.2, 0.25) is 0 Å². The largest absolute Gasteiger partial charge is 0.446 e. The number of halogens is 1. The second-order valence-electron chi connectivity index (χ2n) is 4.12. The monoisotopic (exact) mass is 334 g/mol. The van der Waals surface area contributed by atoms with Crippen LogP contribution in [-0.2, 0) is 0 Å². The minimum absolute atomic E-state index is 0.0286. The number of H-pyrrole nitrogens is 1. The molecule has 0 unspecified atom stereocenters. The minimum Gasteiger partial charge on any atom is -0.446 e. The smallest absolute Gasteiger partial charge is 0.271 e. The minimum atomic E-state index is -0.481. The molecule has 0 aliphatic carbocycles. The van der Waals surface area contributed by atoms with Crippen LogP contribution in [0, 0.1) is 10.1 Å². The molecule has 0 saturated carbocycles. The Morgan fingerprint density at radius 2 is 2.10 bits per heavy atom. The number of carbonyl (C=O) groups is 1. The highest BCUT2D eigenvalue weighted by molar-refractivity contribution is 9.10. The highest BCUT2D eigenvalue weighted by Crippen LogP contribution is 2.26. The average molecular weight is 335 g/mol. The second-order valence-corrected chi connectivity index (χ2v) is 4.90. The van der Waals surface area contributed by atoms with Crippen LogP contribution in [0.3, 0.4) is 0 Å². The lowest BCUT2D eigenvalue weighted by atomic mass is 10.1. The summed E-state index contributed by atoms with van der Waals surface area (Å²) in [6, 6.07) is 7.51. The van der Waals surface area contributed by atoms with E-state index in [9.17, 15) is 14.9 Å². The van der Waals surface area contributed by atoms with Crippen LogP contribution in [0.4, 0.5) is 5.69 Å². The van der Waals surface area contributed by atoms with Crippen molar-refractivity contribution in [2.24, 2.45) is 0 Å². The van der Waals surface area contributed by atoms with Crippen molar-refractivity contribution in [1.29, 1.82) is 0 Å². The number of benzene rings is 1. The van der Waals surface area contributed by atoms with Gasteiger partial charge in [0.1, 0.15) is 0 Å². The Hall–Kier alpha value is -2.41. The Kier molecular flexibility index (Phi) is 2.90. The Labute approximate surface area is 120 Å². The first-order valence-corrected chi connectivity index (χ1v) is 6.41. The van der Waals surface area contributed by atoms with Crippen LogP contribution < -0.4 is 0 Å². The van der Waals surface area contributed by atoms with Gasteiger partial charge in [0.05, 0.1) is 16.0 Å². The summed E-state index contributed by atoms with van der Waals surface area (Å²) in [6.07, 6.45) is 1.52. The molecule has 0 radical (unpaired) electrons. The van der Waals surface area contributed by atoms with E-state index < -0.39 is 4.92 Å². The molecule has 1 aromatic carbocycles. The number of nitrogens with one attached hydrogen (secondary N) is 1. The third kappa shape index (κ3) is 2.01. The van der Waals surface area contributed by atoms with Crippen LogP contribution in [-0.4, -0.2) is 15.7 Å². The SMILES string of the molecule is O=C(c1ccc(Br)o1)c1c[nH]c2cc([N+](=O)[O-])ccc12. The number of ketones is 1. The van der Waals surface area contributed by atoms with Gasteiger partial charge in [0.15, 0.2) is 10.4 Å². The van der Waals surface area contributed by atoms with Gasteiger partial charge in [-0.3, -0.25) is 14.9 Å². The molecule has 3 aromatic rings. The molecular formula is C13H7BrN2O4. The van der Waals surface area contributed by atoms with Crippen molar-refractivity contribution in [3.8, 4) is 0 Å². The zero-order valence-electron chi connectivity index (χ0n) is 9.92. The van der Waals surface area contributed by atoms with Crippen molar-refractivity contribution in [3.63, 3.8) is 0 Å². The van der Waals surface area contributed by atoms with E-state index in [-0.39, 0.29) is 17.2 Å².